The van der Waals surface area contributed by atoms with Crippen molar-refractivity contribution in [3.8, 4) is 0 Å². The molecular weight excluding hydrogens is 502 g/mol. The summed E-state index contributed by atoms with van der Waals surface area (Å²) in [5, 5.41) is 11.6. The van der Waals surface area contributed by atoms with Crippen LogP contribution >= 0.6 is 0 Å². The highest BCUT2D eigenvalue weighted by Crippen LogP contribution is 2.37. The topological polar surface area (TPSA) is 182 Å². The van der Waals surface area contributed by atoms with Crippen molar-refractivity contribution in [1.29, 1.82) is 0 Å². The minimum atomic E-state index is -1.47. The Hall–Kier alpha value is -3.96. The molecule has 1 heterocycles. The van der Waals surface area contributed by atoms with Gasteiger partial charge in [-0.25, -0.2) is 14.5 Å². The van der Waals surface area contributed by atoms with Crippen LogP contribution in [0.1, 0.15) is 43.7 Å². The molecule has 11 nitrogen and oxygen atoms in total. The second-order valence-electron chi connectivity index (χ2n) is 10.0. The fourth-order valence-electron chi connectivity index (χ4n) is 5.25. The minimum Gasteiger partial charge on any atom is -0.444 e. The quantitative estimate of drug-likeness (QED) is 0.335. The molecule has 0 spiro atoms. The van der Waals surface area contributed by atoms with Crippen LogP contribution in [-0.4, -0.2) is 69.1 Å². The Bertz CT molecular complexity index is 1150. The van der Waals surface area contributed by atoms with Crippen LogP contribution in [0.3, 0.4) is 0 Å². The average Bonchev–Trinajstić information content (AvgIpc) is 3.31. The first kappa shape index (κ1) is 29.6. The lowest BCUT2D eigenvalue weighted by Gasteiger charge is -2.47. The van der Waals surface area contributed by atoms with E-state index < -0.39 is 54.1 Å². The number of nitrogens with two attached hydrogens (primary N) is 3. The summed E-state index contributed by atoms with van der Waals surface area (Å²) in [6.07, 6.45) is -1.41. The molecule has 0 radical (unpaired) electrons. The van der Waals surface area contributed by atoms with Gasteiger partial charge in [-0.3, -0.25) is 9.59 Å². The molecule has 3 rings (SSSR count). The largest absolute Gasteiger partial charge is 0.444 e. The van der Waals surface area contributed by atoms with Crippen LogP contribution in [0.2, 0.25) is 0 Å². The minimum absolute atomic E-state index is 0.150. The fourth-order valence-corrected chi connectivity index (χ4v) is 5.25. The summed E-state index contributed by atoms with van der Waals surface area (Å²) in [4.78, 5) is 53.4. The van der Waals surface area contributed by atoms with Gasteiger partial charge in [0.25, 0.3) is 0 Å². The fraction of sp³-hybridized carbons (Fsp3) is 0.429. The molecule has 1 fully saturated rings. The van der Waals surface area contributed by atoms with Gasteiger partial charge in [-0.15, -0.1) is 0 Å². The molecule has 1 aliphatic heterocycles. The first-order chi connectivity index (χ1) is 18.5. The molecule has 4 atom stereocenters. The summed E-state index contributed by atoms with van der Waals surface area (Å²) >= 11 is 0. The van der Waals surface area contributed by atoms with Gasteiger partial charge in [0.05, 0.1) is 30.1 Å². The summed E-state index contributed by atoms with van der Waals surface area (Å²) in [6.45, 7) is 1.80. The van der Waals surface area contributed by atoms with Crippen molar-refractivity contribution in [1.82, 2.24) is 9.80 Å². The third kappa shape index (κ3) is 7.33. The lowest BCUT2D eigenvalue weighted by Crippen LogP contribution is -2.68. The predicted octanol–water partition coefficient (Wildman–Crippen LogP) is 1.65. The number of imide groups is 1. The van der Waals surface area contributed by atoms with Crippen molar-refractivity contribution in [3.63, 3.8) is 0 Å². The van der Waals surface area contributed by atoms with E-state index in [0.717, 1.165) is 10.5 Å². The number of aliphatic hydroxyl groups excluding tert-OH is 1. The van der Waals surface area contributed by atoms with Crippen molar-refractivity contribution in [2.45, 2.75) is 69.4 Å². The third-order valence-corrected chi connectivity index (χ3v) is 7.18. The molecule has 2 aromatic rings. The Morgan fingerprint density at radius 2 is 1.62 bits per heavy atom. The Kier molecular flexibility index (Phi) is 10.0. The van der Waals surface area contributed by atoms with Gasteiger partial charge in [-0.05, 0) is 43.7 Å². The second-order valence-corrected chi connectivity index (χ2v) is 10.0. The lowest BCUT2D eigenvalue weighted by molar-refractivity contribution is -0.141. The summed E-state index contributed by atoms with van der Waals surface area (Å²) in [5.41, 5.74) is 17.4. The van der Waals surface area contributed by atoms with Crippen LogP contribution in [0.4, 0.5) is 9.59 Å². The van der Waals surface area contributed by atoms with E-state index in [9.17, 15) is 24.3 Å². The molecule has 11 heteroatoms. The first-order valence-electron chi connectivity index (χ1n) is 12.9. The standard InChI is InChI=1S/C28H37N5O6/c1-28(15-8-16-32(28)26(31)37)24(22(34)14-13-19-9-4-2-5-10-19)33(25(36)21(29)17-23(30)35)27(38)39-18-20-11-6-3-7-12-20/h2-7,9-12,21-22,24,34H,8,13-18,29H2,1H3,(H2,30,35)(H2,31,37)/t21-,22?,24?,28+/m0/s1. The molecule has 2 aromatic carbocycles. The van der Waals surface area contributed by atoms with Gasteiger partial charge in [0, 0.05) is 6.54 Å². The summed E-state index contributed by atoms with van der Waals surface area (Å²) < 4.78 is 5.51. The number of aliphatic hydroxyl groups is 1. The molecular formula is C28H37N5O6. The van der Waals surface area contributed by atoms with Gasteiger partial charge in [-0.2, -0.15) is 0 Å². The highest BCUT2D eigenvalue weighted by Gasteiger charge is 2.54. The van der Waals surface area contributed by atoms with Gasteiger partial charge >= 0.3 is 12.1 Å². The molecule has 0 aromatic heterocycles. The number of hydrogen-bond acceptors (Lipinski definition) is 7. The maximum atomic E-state index is 13.7. The molecule has 0 aliphatic carbocycles. The van der Waals surface area contributed by atoms with Gasteiger partial charge in [0.1, 0.15) is 6.61 Å². The van der Waals surface area contributed by atoms with Crippen molar-refractivity contribution in [2.24, 2.45) is 17.2 Å². The molecule has 210 valence electrons. The first-order valence-corrected chi connectivity index (χ1v) is 12.9. The number of likely N-dealkylation sites (tertiary alicyclic amines) is 1. The number of carbonyl (C=O) groups excluding carboxylic acids is 4. The highest BCUT2D eigenvalue weighted by atomic mass is 16.6. The van der Waals surface area contributed by atoms with E-state index >= 15 is 0 Å². The molecule has 5 amide bonds. The average molecular weight is 540 g/mol. The van der Waals surface area contributed by atoms with Crippen LogP contribution < -0.4 is 17.2 Å². The van der Waals surface area contributed by atoms with Crippen molar-refractivity contribution in [3.05, 3.63) is 71.8 Å². The van der Waals surface area contributed by atoms with E-state index in [1.54, 1.807) is 31.2 Å². The van der Waals surface area contributed by atoms with Crippen molar-refractivity contribution >= 4 is 23.9 Å². The van der Waals surface area contributed by atoms with Gasteiger partial charge in [0.15, 0.2) is 0 Å². The van der Waals surface area contributed by atoms with Crippen LogP contribution in [0.5, 0.6) is 0 Å². The molecule has 0 saturated carbocycles. The Balaban J connectivity index is 2.02. The number of benzene rings is 2. The van der Waals surface area contributed by atoms with Gasteiger partial charge < -0.3 is 31.9 Å². The van der Waals surface area contributed by atoms with E-state index in [4.69, 9.17) is 21.9 Å². The summed E-state index contributed by atoms with van der Waals surface area (Å²) in [6, 6.07) is 14.8. The lowest BCUT2D eigenvalue weighted by atomic mass is 9.82. The monoisotopic (exact) mass is 539 g/mol. The zero-order valence-corrected chi connectivity index (χ0v) is 22.1. The summed E-state index contributed by atoms with van der Waals surface area (Å²) in [7, 11) is 0. The highest BCUT2D eigenvalue weighted by molar-refractivity contribution is 5.97. The number of primary amides is 2. The molecule has 39 heavy (non-hydrogen) atoms. The van der Waals surface area contributed by atoms with Gasteiger partial charge in [-0.1, -0.05) is 60.7 Å². The number of nitrogens with zero attached hydrogens (tertiary/aromatic N) is 2. The van der Waals surface area contributed by atoms with E-state index in [0.29, 0.717) is 24.8 Å². The number of hydrogen-bond donors (Lipinski definition) is 4. The number of carbonyl (C=O) groups is 4. The Morgan fingerprint density at radius 1 is 1.03 bits per heavy atom. The Morgan fingerprint density at radius 3 is 2.18 bits per heavy atom. The van der Waals surface area contributed by atoms with Crippen LogP contribution in [0.25, 0.3) is 0 Å². The number of ether oxygens (including phenoxy) is 1. The number of urea groups is 1. The third-order valence-electron chi connectivity index (χ3n) is 7.18. The van der Waals surface area contributed by atoms with Gasteiger partial charge in [0.2, 0.25) is 11.8 Å². The maximum Gasteiger partial charge on any atom is 0.417 e. The SMILES string of the molecule is C[C@]1(C(C(O)CCc2ccccc2)N(C(=O)OCc2ccccc2)C(=O)[C@@H](N)CC(N)=O)CCCN1C(N)=O. The van der Waals surface area contributed by atoms with Crippen molar-refractivity contribution in [2.75, 3.05) is 6.54 Å². The van der Waals surface area contributed by atoms with E-state index in [2.05, 4.69) is 0 Å². The number of amides is 5. The van der Waals surface area contributed by atoms with Crippen LogP contribution in [-0.2, 0) is 27.4 Å². The predicted molar refractivity (Wildman–Crippen MR) is 144 cm³/mol. The summed E-state index contributed by atoms with van der Waals surface area (Å²) in [5.74, 6) is -1.78. The molecule has 2 unspecified atom stereocenters. The molecule has 7 N–H and O–H groups in total. The molecule has 1 aliphatic rings. The van der Waals surface area contributed by atoms with E-state index in [1.807, 2.05) is 36.4 Å². The zero-order chi connectivity index (χ0) is 28.6. The van der Waals surface area contributed by atoms with E-state index in [1.165, 1.54) is 4.90 Å². The van der Waals surface area contributed by atoms with Crippen molar-refractivity contribution < 1.29 is 29.0 Å². The number of rotatable bonds is 11. The smallest absolute Gasteiger partial charge is 0.417 e. The molecule has 1 saturated heterocycles. The zero-order valence-electron chi connectivity index (χ0n) is 22.1. The van der Waals surface area contributed by atoms with Crippen LogP contribution in [0, 0.1) is 0 Å². The Labute approximate surface area is 227 Å². The normalized spacial score (nSPS) is 19.1. The maximum absolute atomic E-state index is 13.7. The number of aryl methyl sites for hydroxylation is 1. The molecule has 0 bridgehead atoms. The van der Waals surface area contributed by atoms with E-state index in [-0.39, 0.29) is 19.6 Å². The second kappa shape index (κ2) is 13.2. The van der Waals surface area contributed by atoms with Crippen LogP contribution in [0.15, 0.2) is 60.7 Å².